The Bertz CT molecular complexity index is 589. The molecule has 0 amide bonds. The summed E-state index contributed by atoms with van der Waals surface area (Å²) < 4.78 is 0. The number of thiazole rings is 1. The summed E-state index contributed by atoms with van der Waals surface area (Å²) in [7, 11) is 0. The molecule has 3 nitrogen and oxygen atoms in total. The van der Waals surface area contributed by atoms with Gasteiger partial charge in [0.05, 0.1) is 18.3 Å². The van der Waals surface area contributed by atoms with Gasteiger partial charge >= 0.3 is 0 Å². The molecule has 1 atom stereocenters. The molecule has 1 N–H and O–H groups in total. The molecule has 2 aromatic heterocycles. The summed E-state index contributed by atoms with van der Waals surface area (Å²) in [5, 5.41) is 13.3. The fourth-order valence-corrected chi connectivity index (χ4v) is 4.75. The summed E-state index contributed by atoms with van der Waals surface area (Å²) in [5.74, 6) is 0. The lowest BCUT2D eigenvalue weighted by Gasteiger charge is -2.20. The molecule has 0 radical (unpaired) electrons. The molecule has 1 saturated carbocycles. The Morgan fingerprint density at radius 3 is 2.95 bits per heavy atom. The molecule has 20 heavy (non-hydrogen) atoms. The van der Waals surface area contributed by atoms with E-state index in [1.165, 1.54) is 22.6 Å². The van der Waals surface area contributed by atoms with Crippen LogP contribution in [0.5, 0.6) is 0 Å². The number of nitrogens with zero attached hydrogens (tertiary/aromatic N) is 2. The molecular formula is C15H18N2OS2. The van der Waals surface area contributed by atoms with Crippen molar-refractivity contribution in [2.24, 2.45) is 0 Å². The Labute approximate surface area is 126 Å². The molecule has 5 heteroatoms. The van der Waals surface area contributed by atoms with Crippen molar-refractivity contribution < 1.29 is 5.11 Å². The third-order valence-electron chi connectivity index (χ3n) is 4.05. The van der Waals surface area contributed by atoms with Crippen LogP contribution in [0.15, 0.2) is 17.5 Å². The van der Waals surface area contributed by atoms with Gasteiger partial charge in [-0.1, -0.05) is 6.07 Å². The van der Waals surface area contributed by atoms with Crippen LogP contribution in [0.1, 0.15) is 47.2 Å². The topological polar surface area (TPSA) is 36.4 Å². The zero-order valence-electron chi connectivity index (χ0n) is 11.3. The molecular weight excluding hydrogens is 288 g/mol. The number of aliphatic hydroxyl groups excluding tert-OH is 1. The Balaban J connectivity index is 1.63. The van der Waals surface area contributed by atoms with Crippen LogP contribution in [0.3, 0.4) is 0 Å². The van der Waals surface area contributed by atoms with E-state index in [2.05, 4.69) is 22.4 Å². The minimum absolute atomic E-state index is 0.341. The van der Waals surface area contributed by atoms with E-state index in [4.69, 9.17) is 4.98 Å². The average Bonchev–Trinajstić information content (AvgIpc) is 2.99. The fourth-order valence-electron chi connectivity index (χ4n) is 2.82. The largest absolute Gasteiger partial charge is 0.387 e. The van der Waals surface area contributed by atoms with E-state index in [0.29, 0.717) is 6.04 Å². The quantitative estimate of drug-likeness (QED) is 0.934. The fraction of sp³-hybridized carbons (Fsp3) is 0.533. The molecule has 1 unspecified atom stereocenters. The van der Waals surface area contributed by atoms with Gasteiger partial charge in [-0.2, -0.15) is 0 Å². The van der Waals surface area contributed by atoms with Crippen LogP contribution in [0, 0.1) is 0 Å². The molecule has 106 valence electrons. The summed E-state index contributed by atoms with van der Waals surface area (Å²) in [6.07, 6.45) is 5.25. The van der Waals surface area contributed by atoms with Gasteiger partial charge in [0, 0.05) is 15.8 Å². The standard InChI is InChI=1S/C15H18N2OS2/c18-12-4-1-5-13-14(12)16-15(20-13)17(10-6-7-10)9-11-3-2-8-19-11/h2-3,8,10,12,18H,1,4-7,9H2. The second kappa shape index (κ2) is 5.13. The molecule has 0 aliphatic heterocycles. The Kier molecular flexibility index (Phi) is 3.28. The zero-order valence-corrected chi connectivity index (χ0v) is 12.9. The van der Waals surface area contributed by atoms with Gasteiger partial charge in [0.1, 0.15) is 0 Å². The Morgan fingerprint density at radius 1 is 1.35 bits per heavy atom. The summed E-state index contributed by atoms with van der Waals surface area (Å²) >= 11 is 3.61. The van der Waals surface area contributed by atoms with Crippen LogP contribution in [-0.2, 0) is 13.0 Å². The molecule has 2 aliphatic rings. The predicted molar refractivity (Wildman–Crippen MR) is 83.5 cm³/mol. The molecule has 2 aromatic rings. The predicted octanol–water partition coefficient (Wildman–Crippen LogP) is 3.74. The summed E-state index contributed by atoms with van der Waals surface area (Å²) in [6.45, 7) is 0.963. The highest BCUT2D eigenvalue weighted by Crippen LogP contribution is 2.41. The van der Waals surface area contributed by atoms with Crippen LogP contribution in [0.4, 0.5) is 5.13 Å². The molecule has 1 fully saturated rings. The zero-order chi connectivity index (χ0) is 13.5. The first-order valence-electron chi connectivity index (χ1n) is 7.28. The monoisotopic (exact) mass is 306 g/mol. The van der Waals surface area contributed by atoms with Gasteiger partial charge in [0.25, 0.3) is 0 Å². The van der Waals surface area contributed by atoms with Crippen molar-refractivity contribution in [1.82, 2.24) is 4.98 Å². The number of anilines is 1. The van der Waals surface area contributed by atoms with Crippen molar-refractivity contribution in [2.45, 2.75) is 50.8 Å². The lowest BCUT2D eigenvalue weighted by molar-refractivity contribution is 0.153. The van der Waals surface area contributed by atoms with E-state index < -0.39 is 0 Å². The van der Waals surface area contributed by atoms with Gasteiger partial charge in [0.15, 0.2) is 5.13 Å². The molecule has 0 aromatic carbocycles. The highest BCUT2D eigenvalue weighted by Gasteiger charge is 2.33. The Hall–Kier alpha value is -0.910. The summed E-state index contributed by atoms with van der Waals surface area (Å²) in [4.78, 5) is 9.91. The number of thiophene rings is 1. The number of hydrogen-bond acceptors (Lipinski definition) is 5. The van der Waals surface area contributed by atoms with E-state index in [1.807, 2.05) is 11.3 Å². The van der Waals surface area contributed by atoms with Gasteiger partial charge < -0.3 is 10.0 Å². The molecule has 0 spiro atoms. The van der Waals surface area contributed by atoms with Crippen molar-refractivity contribution in [2.75, 3.05) is 4.90 Å². The first-order valence-corrected chi connectivity index (χ1v) is 8.97. The molecule has 0 bridgehead atoms. The summed E-state index contributed by atoms with van der Waals surface area (Å²) in [6, 6.07) is 4.96. The Morgan fingerprint density at radius 2 is 2.25 bits per heavy atom. The number of aliphatic hydroxyl groups is 1. The smallest absolute Gasteiger partial charge is 0.186 e. The average molecular weight is 306 g/mol. The highest BCUT2D eigenvalue weighted by molar-refractivity contribution is 7.15. The van der Waals surface area contributed by atoms with Crippen LogP contribution in [0.2, 0.25) is 0 Å². The number of aromatic nitrogens is 1. The third kappa shape index (κ3) is 2.38. The number of fused-ring (bicyclic) bond motifs is 1. The molecule has 0 saturated heterocycles. The van der Waals surface area contributed by atoms with Crippen molar-refractivity contribution in [3.63, 3.8) is 0 Å². The van der Waals surface area contributed by atoms with Crippen LogP contribution >= 0.6 is 22.7 Å². The third-order valence-corrected chi connectivity index (χ3v) is 6.08. The minimum Gasteiger partial charge on any atom is -0.387 e. The van der Waals surface area contributed by atoms with Gasteiger partial charge in [-0.15, -0.1) is 22.7 Å². The van der Waals surface area contributed by atoms with E-state index in [9.17, 15) is 5.11 Å². The number of hydrogen-bond donors (Lipinski definition) is 1. The molecule has 2 aliphatic carbocycles. The normalized spacial score (nSPS) is 21.8. The minimum atomic E-state index is -0.341. The lowest BCUT2D eigenvalue weighted by atomic mass is 10.0. The summed E-state index contributed by atoms with van der Waals surface area (Å²) in [5.41, 5.74) is 0.952. The number of aryl methyl sites for hydroxylation is 1. The van der Waals surface area contributed by atoms with Crippen molar-refractivity contribution in [1.29, 1.82) is 0 Å². The van der Waals surface area contributed by atoms with Crippen molar-refractivity contribution in [3.05, 3.63) is 33.0 Å². The van der Waals surface area contributed by atoms with E-state index in [0.717, 1.165) is 36.6 Å². The second-order valence-electron chi connectivity index (χ2n) is 5.65. The lowest BCUT2D eigenvalue weighted by Crippen LogP contribution is -2.24. The highest BCUT2D eigenvalue weighted by atomic mass is 32.1. The van der Waals surface area contributed by atoms with E-state index in [1.54, 1.807) is 11.3 Å². The molecule has 2 heterocycles. The van der Waals surface area contributed by atoms with Crippen molar-refractivity contribution in [3.8, 4) is 0 Å². The second-order valence-corrected chi connectivity index (χ2v) is 7.75. The van der Waals surface area contributed by atoms with Gasteiger partial charge in [-0.05, 0) is 43.6 Å². The van der Waals surface area contributed by atoms with Crippen molar-refractivity contribution >= 4 is 27.8 Å². The van der Waals surface area contributed by atoms with Gasteiger partial charge in [0.2, 0.25) is 0 Å². The van der Waals surface area contributed by atoms with Gasteiger partial charge in [-0.3, -0.25) is 0 Å². The maximum atomic E-state index is 10.1. The molecule has 4 rings (SSSR count). The first-order chi connectivity index (χ1) is 9.81. The van der Waals surface area contributed by atoms with E-state index >= 15 is 0 Å². The number of rotatable bonds is 4. The maximum Gasteiger partial charge on any atom is 0.186 e. The van der Waals surface area contributed by atoms with Crippen LogP contribution in [0.25, 0.3) is 0 Å². The van der Waals surface area contributed by atoms with Crippen LogP contribution < -0.4 is 4.90 Å². The van der Waals surface area contributed by atoms with E-state index in [-0.39, 0.29) is 6.10 Å². The first kappa shape index (κ1) is 12.8. The maximum absolute atomic E-state index is 10.1. The van der Waals surface area contributed by atoms with Crippen LogP contribution in [-0.4, -0.2) is 16.1 Å². The SMILES string of the molecule is OC1CCCc2sc(N(Cc3cccs3)C3CC3)nc21. The van der Waals surface area contributed by atoms with Gasteiger partial charge in [-0.25, -0.2) is 4.98 Å².